The molecule has 5 nitrogen and oxygen atoms in total. The second kappa shape index (κ2) is 9.02. The van der Waals surface area contributed by atoms with Crippen molar-refractivity contribution in [2.45, 2.75) is 18.5 Å². The molecule has 126 valence electrons. The number of rotatable bonds is 5. The van der Waals surface area contributed by atoms with Crippen molar-refractivity contribution < 1.29 is 0 Å². The van der Waals surface area contributed by atoms with E-state index in [1.165, 1.54) is 23.6 Å². The molecule has 2 rings (SSSR count). The zero-order valence-electron chi connectivity index (χ0n) is 13.9. The smallest absolute Gasteiger partial charge is 0.193 e. The molecule has 7 heteroatoms. The predicted molar refractivity (Wildman–Crippen MR) is 107 cm³/mol. The van der Waals surface area contributed by atoms with E-state index in [9.17, 15) is 0 Å². The van der Waals surface area contributed by atoms with Gasteiger partial charge in [-0.05, 0) is 38.4 Å². The summed E-state index contributed by atoms with van der Waals surface area (Å²) in [5.41, 5.74) is 1.44. The van der Waals surface area contributed by atoms with Crippen LogP contribution in [0.5, 0.6) is 0 Å². The summed E-state index contributed by atoms with van der Waals surface area (Å²) in [5, 5.41) is 3.55. The number of aliphatic imine (C=N–C) groups is 1. The fraction of sp³-hybridized carbons (Fsp3) is 0.667. The van der Waals surface area contributed by atoms with E-state index in [1.807, 2.05) is 31.1 Å². The van der Waals surface area contributed by atoms with Crippen molar-refractivity contribution in [3.8, 4) is 0 Å². The number of nitrogens with zero attached hydrogens (tertiary/aromatic N) is 3. The molecule has 0 saturated carbocycles. The number of halogens is 1. The molecule has 1 fully saturated rings. The molecule has 1 saturated heterocycles. The second-order valence-corrected chi connectivity index (χ2v) is 6.98. The van der Waals surface area contributed by atoms with Gasteiger partial charge in [0.1, 0.15) is 0 Å². The van der Waals surface area contributed by atoms with Crippen LogP contribution in [0.1, 0.15) is 12.1 Å². The van der Waals surface area contributed by atoms with E-state index in [1.54, 1.807) is 0 Å². The quantitative estimate of drug-likeness (QED) is 0.421. The Kier molecular flexibility index (Phi) is 8.06. The number of likely N-dealkylation sites (N-methyl/N-ethyl adjacent to an activating group) is 1. The van der Waals surface area contributed by atoms with Gasteiger partial charge in [-0.1, -0.05) is 0 Å². The van der Waals surface area contributed by atoms with Gasteiger partial charge in [-0.25, -0.2) is 0 Å². The van der Waals surface area contributed by atoms with E-state index in [0.717, 1.165) is 19.0 Å². The van der Waals surface area contributed by atoms with E-state index in [4.69, 9.17) is 0 Å². The summed E-state index contributed by atoms with van der Waals surface area (Å²) in [5.74, 6) is 3.38. The summed E-state index contributed by atoms with van der Waals surface area (Å²) in [7, 11) is 8.28. The lowest BCUT2D eigenvalue weighted by atomic mass is 9.97. The molecule has 0 bridgehead atoms. The van der Waals surface area contributed by atoms with Crippen LogP contribution < -0.4 is 5.32 Å². The molecular weight excluding hydrogens is 409 g/mol. The zero-order valence-corrected chi connectivity index (χ0v) is 17.1. The summed E-state index contributed by atoms with van der Waals surface area (Å²) in [6, 6.07) is 4.12. The summed E-state index contributed by atoms with van der Waals surface area (Å²) in [4.78, 5) is 12.2. The average Bonchev–Trinajstić information content (AvgIpc) is 3.11. The van der Waals surface area contributed by atoms with Crippen LogP contribution in [0.3, 0.4) is 0 Å². The first-order valence-corrected chi connectivity index (χ1v) is 8.52. The van der Waals surface area contributed by atoms with Crippen molar-refractivity contribution in [3.63, 3.8) is 0 Å². The highest BCUT2D eigenvalue weighted by molar-refractivity contribution is 14.0. The Morgan fingerprint density at radius 1 is 1.45 bits per heavy atom. The Hall–Kier alpha value is -0.410. The Morgan fingerprint density at radius 3 is 2.73 bits per heavy atom. The van der Waals surface area contributed by atoms with Gasteiger partial charge in [-0.2, -0.15) is 11.8 Å². The minimum Gasteiger partial charge on any atom is -0.364 e. The van der Waals surface area contributed by atoms with E-state index in [0.29, 0.717) is 0 Å². The lowest BCUT2D eigenvalue weighted by molar-refractivity contribution is 0.181. The highest BCUT2D eigenvalue weighted by atomic mass is 127. The highest BCUT2D eigenvalue weighted by Crippen LogP contribution is 2.31. The lowest BCUT2D eigenvalue weighted by Crippen LogP contribution is -2.54. The Morgan fingerprint density at radius 2 is 2.23 bits per heavy atom. The van der Waals surface area contributed by atoms with Gasteiger partial charge in [-0.15, -0.1) is 24.0 Å². The van der Waals surface area contributed by atoms with Crippen molar-refractivity contribution in [3.05, 3.63) is 24.0 Å². The molecule has 1 aromatic rings. The van der Waals surface area contributed by atoms with Gasteiger partial charge >= 0.3 is 0 Å². The Labute approximate surface area is 155 Å². The maximum Gasteiger partial charge on any atom is 0.193 e. The predicted octanol–water partition coefficient (Wildman–Crippen LogP) is 2.08. The maximum atomic E-state index is 4.41. The normalized spacial score (nSPS) is 21.8. The molecule has 1 atom stereocenters. The van der Waals surface area contributed by atoms with Crippen LogP contribution in [-0.2, 0) is 6.54 Å². The van der Waals surface area contributed by atoms with Gasteiger partial charge in [-0.3, -0.25) is 4.99 Å². The fourth-order valence-electron chi connectivity index (χ4n) is 2.67. The molecule has 1 aromatic heterocycles. The largest absolute Gasteiger partial charge is 0.364 e. The first-order valence-electron chi connectivity index (χ1n) is 7.37. The topological polar surface area (TPSA) is 46.7 Å². The van der Waals surface area contributed by atoms with Crippen molar-refractivity contribution in [1.82, 2.24) is 20.1 Å². The molecular formula is C15H28IN5S. The number of hydrogen-bond donors (Lipinski definition) is 2. The number of H-pyrrole nitrogens is 1. The minimum atomic E-state index is 0. The third kappa shape index (κ3) is 4.79. The van der Waals surface area contributed by atoms with Crippen LogP contribution in [0.4, 0.5) is 0 Å². The Balaban J connectivity index is 0.00000242. The molecule has 0 aromatic carbocycles. The summed E-state index contributed by atoms with van der Waals surface area (Å²) in [6.07, 6.45) is 3.19. The van der Waals surface area contributed by atoms with Crippen LogP contribution in [0, 0.1) is 0 Å². The molecule has 0 radical (unpaired) electrons. The molecule has 22 heavy (non-hydrogen) atoms. The van der Waals surface area contributed by atoms with Crippen LogP contribution in [0.15, 0.2) is 23.3 Å². The zero-order chi connectivity index (χ0) is 15.3. The molecule has 0 spiro atoms. The number of guanidine groups is 1. The van der Waals surface area contributed by atoms with Crippen molar-refractivity contribution in [2.75, 3.05) is 46.2 Å². The first-order chi connectivity index (χ1) is 10.1. The van der Waals surface area contributed by atoms with Gasteiger partial charge in [0.15, 0.2) is 5.96 Å². The fourth-order valence-corrected chi connectivity index (χ4v) is 4.22. The molecule has 1 aliphatic heterocycles. The Bertz CT molecular complexity index is 455. The average molecular weight is 437 g/mol. The van der Waals surface area contributed by atoms with Crippen LogP contribution in [0.25, 0.3) is 0 Å². The third-order valence-corrected chi connectivity index (χ3v) is 5.48. The SMILES string of the molecule is CN=C(NCC1(N(C)C)CCSC1)N(C)Cc1ccc[nH]1.I. The van der Waals surface area contributed by atoms with Crippen LogP contribution >= 0.6 is 35.7 Å². The van der Waals surface area contributed by atoms with Crippen LogP contribution in [-0.4, -0.2) is 72.5 Å². The molecule has 1 aliphatic rings. The number of hydrogen-bond acceptors (Lipinski definition) is 3. The van der Waals surface area contributed by atoms with Gasteiger partial charge in [0.05, 0.1) is 6.54 Å². The minimum absolute atomic E-state index is 0. The number of nitrogens with one attached hydrogen (secondary N) is 2. The summed E-state index contributed by atoms with van der Waals surface area (Å²) in [6.45, 7) is 1.77. The monoisotopic (exact) mass is 437 g/mol. The molecule has 0 aliphatic carbocycles. The van der Waals surface area contributed by atoms with Crippen LogP contribution in [0.2, 0.25) is 0 Å². The second-order valence-electron chi connectivity index (χ2n) is 5.87. The van der Waals surface area contributed by atoms with E-state index >= 15 is 0 Å². The summed E-state index contributed by atoms with van der Waals surface area (Å²) < 4.78 is 0. The lowest BCUT2D eigenvalue weighted by Gasteiger charge is -2.37. The molecule has 2 heterocycles. The summed E-state index contributed by atoms with van der Waals surface area (Å²) >= 11 is 2.04. The van der Waals surface area contributed by atoms with Crippen molar-refractivity contribution >= 4 is 41.7 Å². The van der Waals surface area contributed by atoms with Crippen molar-refractivity contribution in [2.24, 2.45) is 4.99 Å². The van der Waals surface area contributed by atoms with Gasteiger partial charge in [0, 0.05) is 43.8 Å². The first kappa shape index (κ1) is 19.6. The maximum absolute atomic E-state index is 4.41. The van der Waals surface area contributed by atoms with E-state index in [2.05, 4.69) is 52.3 Å². The van der Waals surface area contributed by atoms with E-state index in [-0.39, 0.29) is 29.5 Å². The standard InChI is InChI=1S/C15H27N5S.HI/c1-16-14(20(4)10-13-6-5-8-17-13)18-11-15(19(2)3)7-9-21-12-15;/h5-6,8,17H,7,9-12H2,1-4H3,(H,16,18);1H. The molecule has 1 unspecified atom stereocenters. The van der Waals surface area contributed by atoms with Gasteiger partial charge in [0.2, 0.25) is 0 Å². The third-order valence-electron chi connectivity index (χ3n) is 4.25. The molecule has 2 N–H and O–H groups in total. The van der Waals surface area contributed by atoms with Gasteiger partial charge in [0.25, 0.3) is 0 Å². The number of thioether (sulfide) groups is 1. The van der Waals surface area contributed by atoms with Gasteiger partial charge < -0.3 is 20.1 Å². The van der Waals surface area contributed by atoms with E-state index < -0.39 is 0 Å². The molecule has 0 amide bonds. The highest BCUT2D eigenvalue weighted by Gasteiger charge is 2.36. The number of aromatic nitrogens is 1. The number of aromatic amines is 1. The van der Waals surface area contributed by atoms with Crippen molar-refractivity contribution in [1.29, 1.82) is 0 Å².